The highest BCUT2D eigenvalue weighted by Gasteiger charge is 2.52. The number of rotatable bonds is 3. The summed E-state index contributed by atoms with van der Waals surface area (Å²) in [6.45, 7) is 2.56. The molecule has 3 N–H and O–H groups in total. The van der Waals surface area contributed by atoms with Gasteiger partial charge in [0.25, 0.3) is 5.91 Å². The van der Waals surface area contributed by atoms with Crippen molar-refractivity contribution in [2.75, 3.05) is 17.7 Å². The molecule has 7 nitrogen and oxygen atoms in total. The van der Waals surface area contributed by atoms with Crippen LogP contribution in [-0.2, 0) is 10.3 Å². The van der Waals surface area contributed by atoms with Gasteiger partial charge in [0.2, 0.25) is 0 Å². The fourth-order valence-electron chi connectivity index (χ4n) is 3.39. The maximum absolute atomic E-state index is 12.4. The molecular formula is C18H17N5O2S2. The lowest BCUT2D eigenvalue weighted by Crippen LogP contribution is -2.40. The third-order valence-corrected chi connectivity index (χ3v) is 6.89. The molecule has 1 fully saturated rings. The van der Waals surface area contributed by atoms with Gasteiger partial charge in [0.05, 0.1) is 24.0 Å². The first-order valence-corrected chi connectivity index (χ1v) is 10.2. The van der Waals surface area contributed by atoms with E-state index in [1.807, 2.05) is 17.5 Å². The van der Waals surface area contributed by atoms with E-state index in [9.17, 15) is 4.79 Å². The minimum atomic E-state index is -0.477. The Morgan fingerprint density at radius 2 is 2.37 bits per heavy atom. The Morgan fingerprint density at radius 1 is 1.52 bits per heavy atom. The molecule has 1 saturated heterocycles. The number of hydrogen-bond donors (Lipinski definition) is 2. The van der Waals surface area contributed by atoms with Crippen LogP contribution in [0, 0.1) is 17.2 Å². The minimum Gasteiger partial charge on any atom is -0.379 e. The van der Waals surface area contributed by atoms with Crippen molar-refractivity contribution < 1.29 is 9.53 Å². The summed E-state index contributed by atoms with van der Waals surface area (Å²) < 4.78 is 5.89. The molecule has 2 aromatic rings. The van der Waals surface area contributed by atoms with E-state index >= 15 is 0 Å². The van der Waals surface area contributed by atoms with Crippen molar-refractivity contribution in [3.63, 3.8) is 0 Å². The summed E-state index contributed by atoms with van der Waals surface area (Å²) in [6.07, 6.45) is 1.49. The molecule has 2 aliphatic heterocycles. The monoisotopic (exact) mass is 399 g/mol. The minimum absolute atomic E-state index is 0.109. The summed E-state index contributed by atoms with van der Waals surface area (Å²) in [5.41, 5.74) is 6.88. The number of aliphatic imine (C=N–C) groups is 1. The van der Waals surface area contributed by atoms with Gasteiger partial charge >= 0.3 is 0 Å². The molecule has 4 heterocycles. The number of fused-ring (bicyclic) bond motifs is 1. The maximum atomic E-state index is 12.4. The number of carbonyl (C=O) groups is 1. The van der Waals surface area contributed by atoms with E-state index in [4.69, 9.17) is 20.7 Å². The Morgan fingerprint density at radius 3 is 3.11 bits per heavy atom. The van der Waals surface area contributed by atoms with Crippen LogP contribution in [0.15, 0.2) is 34.8 Å². The fraction of sp³-hybridized carbons (Fsp3) is 0.333. The first kappa shape index (κ1) is 18.0. The van der Waals surface area contributed by atoms with Crippen LogP contribution in [0.3, 0.4) is 0 Å². The molecule has 0 bridgehead atoms. The van der Waals surface area contributed by atoms with Crippen LogP contribution < -0.4 is 11.1 Å². The molecular weight excluding hydrogens is 382 g/mol. The smallest absolute Gasteiger partial charge is 0.274 e. The number of nitrogens with one attached hydrogen (secondary N) is 1. The number of nitrogens with two attached hydrogens (primary N) is 1. The van der Waals surface area contributed by atoms with Gasteiger partial charge in [-0.05, 0) is 25.1 Å². The number of pyridine rings is 1. The van der Waals surface area contributed by atoms with E-state index in [0.717, 1.165) is 10.6 Å². The zero-order valence-electron chi connectivity index (χ0n) is 14.5. The Kier molecular flexibility index (Phi) is 4.63. The Bertz CT molecular complexity index is 949. The lowest BCUT2D eigenvalue weighted by Gasteiger charge is -2.33. The number of amidine groups is 1. The number of anilines is 1. The number of thioether (sulfide) groups is 1. The zero-order valence-corrected chi connectivity index (χ0v) is 16.1. The van der Waals surface area contributed by atoms with Crippen LogP contribution in [0.25, 0.3) is 0 Å². The number of nitriles is 1. The van der Waals surface area contributed by atoms with Crippen molar-refractivity contribution in [3.8, 4) is 6.07 Å². The second kappa shape index (κ2) is 6.96. The molecule has 27 heavy (non-hydrogen) atoms. The second-order valence-electron chi connectivity index (χ2n) is 6.51. The largest absolute Gasteiger partial charge is 0.379 e. The summed E-state index contributed by atoms with van der Waals surface area (Å²) in [5, 5.41) is 14.1. The van der Waals surface area contributed by atoms with E-state index in [1.54, 1.807) is 29.2 Å². The van der Waals surface area contributed by atoms with Gasteiger partial charge < -0.3 is 15.8 Å². The number of ether oxygens (including phenoxy) is 1. The lowest BCUT2D eigenvalue weighted by atomic mass is 9.84. The van der Waals surface area contributed by atoms with Gasteiger partial charge in [-0.15, -0.1) is 11.3 Å². The molecule has 3 atom stereocenters. The van der Waals surface area contributed by atoms with Gasteiger partial charge in [0.15, 0.2) is 5.17 Å². The second-order valence-corrected chi connectivity index (χ2v) is 8.46. The molecule has 1 amide bonds. The van der Waals surface area contributed by atoms with E-state index in [2.05, 4.69) is 17.2 Å². The molecule has 2 aromatic heterocycles. The van der Waals surface area contributed by atoms with Crippen LogP contribution in [-0.4, -0.2) is 34.5 Å². The third-order valence-electron chi connectivity index (χ3n) is 4.88. The number of thiophene rings is 1. The Hall–Kier alpha value is -2.41. The van der Waals surface area contributed by atoms with E-state index in [1.165, 1.54) is 12.3 Å². The highest BCUT2D eigenvalue weighted by atomic mass is 32.2. The molecule has 0 spiro atoms. The molecule has 9 heteroatoms. The van der Waals surface area contributed by atoms with Gasteiger partial charge in [-0.1, -0.05) is 11.8 Å². The van der Waals surface area contributed by atoms with Crippen LogP contribution in [0.1, 0.15) is 27.9 Å². The molecule has 4 rings (SSSR count). The van der Waals surface area contributed by atoms with Crippen molar-refractivity contribution in [1.29, 1.82) is 5.26 Å². The molecule has 2 aliphatic rings. The number of aromatic nitrogens is 1. The fourth-order valence-corrected chi connectivity index (χ4v) is 5.55. The molecule has 0 saturated carbocycles. The summed E-state index contributed by atoms with van der Waals surface area (Å²) in [5.74, 6) is 0.791. The first-order valence-electron chi connectivity index (χ1n) is 8.38. The van der Waals surface area contributed by atoms with E-state index in [0.29, 0.717) is 23.0 Å². The van der Waals surface area contributed by atoms with Gasteiger partial charge in [-0.2, -0.15) is 5.26 Å². The number of carbonyl (C=O) groups excluding carboxylic acids is 1. The number of amides is 1. The van der Waals surface area contributed by atoms with Crippen molar-refractivity contribution >= 4 is 39.9 Å². The topological polar surface area (TPSA) is 113 Å². The van der Waals surface area contributed by atoms with Crippen LogP contribution in [0.2, 0.25) is 0 Å². The molecule has 0 radical (unpaired) electrons. The average Bonchev–Trinajstić information content (AvgIpc) is 3.27. The van der Waals surface area contributed by atoms with Crippen LogP contribution in [0.5, 0.6) is 0 Å². The van der Waals surface area contributed by atoms with Gasteiger partial charge in [0, 0.05) is 28.1 Å². The quantitative estimate of drug-likeness (QED) is 0.820. The van der Waals surface area contributed by atoms with Crippen molar-refractivity contribution in [2.24, 2.45) is 16.6 Å². The molecule has 0 aromatic carbocycles. The first-order chi connectivity index (χ1) is 13.0. The number of nitrogens with zero attached hydrogens (tertiary/aromatic N) is 3. The number of hydrogen-bond acceptors (Lipinski definition) is 8. The van der Waals surface area contributed by atoms with Crippen molar-refractivity contribution in [3.05, 3.63) is 45.9 Å². The summed E-state index contributed by atoms with van der Waals surface area (Å²) >= 11 is 3.10. The summed E-state index contributed by atoms with van der Waals surface area (Å²) in [6, 6.07) is 7.02. The zero-order chi connectivity index (χ0) is 19.0. The predicted octanol–water partition coefficient (Wildman–Crippen LogP) is 2.56. The van der Waals surface area contributed by atoms with E-state index in [-0.39, 0.29) is 23.6 Å². The molecule has 0 unspecified atom stereocenters. The molecule has 138 valence electrons. The van der Waals surface area contributed by atoms with Crippen LogP contribution in [0.4, 0.5) is 5.69 Å². The van der Waals surface area contributed by atoms with E-state index < -0.39 is 5.54 Å². The highest BCUT2D eigenvalue weighted by molar-refractivity contribution is 8.13. The standard InChI is InChI=1S/C18H17N5O2S2/c1-10-13-8-27-17(20)23-18(13,9-25-10)15-4-12(7-26-15)22-16(24)14-3-2-11(5-19)6-21-14/h2-4,6-7,10,13H,8-9H2,1H3,(H2,20,23)(H,22,24)/t10-,13+,18+/m0/s1. The maximum Gasteiger partial charge on any atom is 0.274 e. The van der Waals surface area contributed by atoms with Crippen LogP contribution >= 0.6 is 23.1 Å². The highest BCUT2D eigenvalue weighted by Crippen LogP contribution is 2.49. The predicted molar refractivity (Wildman–Crippen MR) is 106 cm³/mol. The Labute approximate surface area is 164 Å². The SMILES string of the molecule is C[C@@H]1OC[C@@]2(c3cc(NC(=O)c4ccc(C#N)cn4)cs3)N=C(N)SC[C@H]12. The Balaban J connectivity index is 1.57. The normalized spacial score (nSPS) is 26.7. The molecule has 0 aliphatic carbocycles. The van der Waals surface area contributed by atoms with Crippen molar-refractivity contribution in [1.82, 2.24) is 4.98 Å². The van der Waals surface area contributed by atoms with Gasteiger partial charge in [-0.3, -0.25) is 4.79 Å². The third kappa shape index (κ3) is 3.20. The summed E-state index contributed by atoms with van der Waals surface area (Å²) in [4.78, 5) is 22.2. The van der Waals surface area contributed by atoms with Gasteiger partial charge in [0.1, 0.15) is 17.3 Å². The average molecular weight is 400 g/mol. The van der Waals surface area contributed by atoms with Crippen molar-refractivity contribution in [2.45, 2.75) is 18.6 Å². The lowest BCUT2D eigenvalue weighted by molar-refractivity contribution is 0.102. The summed E-state index contributed by atoms with van der Waals surface area (Å²) in [7, 11) is 0. The van der Waals surface area contributed by atoms with Gasteiger partial charge in [-0.25, -0.2) is 9.98 Å².